The van der Waals surface area contributed by atoms with Gasteiger partial charge in [-0.05, 0) is 29.8 Å². The largest absolute Gasteiger partial charge is 0.497 e. The number of nitrogens with zero attached hydrogens (tertiary/aromatic N) is 1. The monoisotopic (exact) mass is 399 g/mol. The standard InChI is InChI=1S/C21H18FNO4S/c1-27-18-7-5-13(6-8-18)19(21(25)26)11-17(24)10-16-12-28-20(23-16)14-3-2-4-15(22)9-14/h2-9,12,19H,10-11H2,1H3,(H,25,26). The molecule has 0 saturated heterocycles. The minimum Gasteiger partial charge on any atom is -0.497 e. The topological polar surface area (TPSA) is 76.5 Å². The summed E-state index contributed by atoms with van der Waals surface area (Å²) in [7, 11) is 1.53. The molecule has 0 radical (unpaired) electrons. The molecule has 1 atom stereocenters. The lowest BCUT2D eigenvalue weighted by molar-refractivity contribution is -0.140. The Morgan fingerprint density at radius 3 is 2.61 bits per heavy atom. The predicted octanol–water partition coefficient (Wildman–Crippen LogP) is 4.33. The van der Waals surface area contributed by atoms with Gasteiger partial charge in [-0.2, -0.15) is 0 Å². The summed E-state index contributed by atoms with van der Waals surface area (Å²) in [6.07, 6.45) is -0.0970. The molecule has 0 fully saturated rings. The zero-order chi connectivity index (χ0) is 20.1. The first kappa shape index (κ1) is 19.7. The molecule has 0 bridgehead atoms. The van der Waals surface area contributed by atoms with E-state index in [0.29, 0.717) is 27.6 Å². The van der Waals surface area contributed by atoms with Gasteiger partial charge in [0.15, 0.2) is 0 Å². The molecule has 3 aromatic rings. The Kier molecular flexibility index (Phi) is 6.16. The van der Waals surface area contributed by atoms with E-state index in [0.717, 1.165) is 0 Å². The van der Waals surface area contributed by atoms with Crippen molar-refractivity contribution in [2.24, 2.45) is 0 Å². The summed E-state index contributed by atoms with van der Waals surface area (Å²) in [6.45, 7) is 0. The number of aliphatic carboxylic acids is 1. The molecule has 144 valence electrons. The molecular formula is C21H18FNO4S. The van der Waals surface area contributed by atoms with Crippen LogP contribution in [0.3, 0.4) is 0 Å². The average molecular weight is 399 g/mol. The minimum absolute atomic E-state index is 0.0335. The second kappa shape index (κ2) is 8.75. The number of halogens is 1. The Balaban J connectivity index is 1.69. The van der Waals surface area contributed by atoms with E-state index in [1.807, 2.05) is 0 Å². The van der Waals surface area contributed by atoms with Gasteiger partial charge in [-0.15, -0.1) is 11.3 Å². The van der Waals surface area contributed by atoms with E-state index in [4.69, 9.17) is 4.74 Å². The van der Waals surface area contributed by atoms with Crippen LogP contribution >= 0.6 is 11.3 Å². The van der Waals surface area contributed by atoms with Gasteiger partial charge in [-0.25, -0.2) is 9.37 Å². The molecule has 1 aromatic heterocycles. The van der Waals surface area contributed by atoms with Gasteiger partial charge in [0.05, 0.1) is 18.7 Å². The van der Waals surface area contributed by atoms with Gasteiger partial charge >= 0.3 is 5.97 Å². The van der Waals surface area contributed by atoms with Crippen LogP contribution in [0.5, 0.6) is 5.75 Å². The van der Waals surface area contributed by atoms with E-state index in [9.17, 15) is 19.1 Å². The third kappa shape index (κ3) is 4.80. The van der Waals surface area contributed by atoms with Crippen LogP contribution in [0, 0.1) is 5.82 Å². The molecule has 2 aromatic carbocycles. The van der Waals surface area contributed by atoms with Crippen LogP contribution in [-0.4, -0.2) is 29.0 Å². The van der Waals surface area contributed by atoms with Crippen LogP contribution in [0.1, 0.15) is 23.6 Å². The van der Waals surface area contributed by atoms with Crippen LogP contribution < -0.4 is 4.74 Å². The molecule has 0 aliphatic carbocycles. The van der Waals surface area contributed by atoms with E-state index in [-0.39, 0.29) is 24.4 Å². The number of ether oxygens (including phenoxy) is 1. The average Bonchev–Trinajstić information content (AvgIpc) is 3.14. The fourth-order valence-electron chi connectivity index (χ4n) is 2.83. The van der Waals surface area contributed by atoms with E-state index in [2.05, 4.69) is 4.98 Å². The minimum atomic E-state index is -1.06. The highest BCUT2D eigenvalue weighted by atomic mass is 32.1. The molecule has 0 saturated carbocycles. The van der Waals surface area contributed by atoms with Crippen LogP contribution in [0.25, 0.3) is 10.6 Å². The Morgan fingerprint density at radius 2 is 1.96 bits per heavy atom. The van der Waals surface area contributed by atoms with Crippen LogP contribution in [0.2, 0.25) is 0 Å². The summed E-state index contributed by atoms with van der Waals surface area (Å²) in [5, 5.41) is 11.9. The molecule has 1 unspecified atom stereocenters. The Bertz CT molecular complexity index is 984. The normalized spacial score (nSPS) is 11.8. The number of carbonyl (C=O) groups is 2. The number of hydrogen-bond acceptors (Lipinski definition) is 5. The van der Waals surface area contributed by atoms with Crippen molar-refractivity contribution in [3.63, 3.8) is 0 Å². The van der Waals surface area contributed by atoms with Gasteiger partial charge in [0.2, 0.25) is 0 Å². The van der Waals surface area contributed by atoms with E-state index >= 15 is 0 Å². The maximum atomic E-state index is 13.4. The molecule has 1 N–H and O–H groups in total. The number of carboxylic acids is 1. The number of methoxy groups -OCH3 is 1. The number of thiazole rings is 1. The molecule has 3 rings (SSSR count). The quantitative estimate of drug-likeness (QED) is 0.610. The van der Waals surface area contributed by atoms with Crippen molar-refractivity contribution >= 4 is 23.1 Å². The first-order chi connectivity index (χ1) is 13.5. The lowest BCUT2D eigenvalue weighted by atomic mass is 9.92. The van der Waals surface area contributed by atoms with E-state index < -0.39 is 11.9 Å². The van der Waals surface area contributed by atoms with Gasteiger partial charge in [0.25, 0.3) is 0 Å². The van der Waals surface area contributed by atoms with Crippen molar-refractivity contribution in [1.82, 2.24) is 4.98 Å². The highest BCUT2D eigenvalue weighted by Crippen LogP contribution is 2.26. The summed E-state index contributed by atoms with van der Waals surface area (Å²) < 4.78 is 18.4. The van der Waals surface area contributed by atoms with Crippen molar-refractivity contribution in [3.05, 3.63) is 71.0 Å². The predicted molar refractivity (Wildman–Crippen MR) is 104 cm³/mol. The molecule has 1 heterocycles. The maximum absolute atomic E-state index is 13.4. The maximum Gasteiger partial charge on any atom is 0.311 e. The number of carboxylic acid groups (broad SMARTS) is 1. The number of benzene rings is 2. The van der Waals surface area contributed by atoms with Crippen LogP contribution in [-0.2, 0) is 16.0 Å². The van der Waals surface area contributed by atoms with Crippen molar-refractivity contribution < 1.29 is 23.8 Å². The fourth-order valence-corrected chi connectivity index (χ4v) is 3.64. The molecule has 0 aliphatic heterocycles. The van der Waals surface area contributed by atoms with E-state index in [1.165, 1.54) is 30.6 Å². The molecule has 7 heteroatoms. The highest BCUT2D eigenvalue weighted by Gasteiger charge is 2.24. The van der Waals surface area contributed by atoms with Gasteiger partial charge in [0.1, 0.15) is 22.4 Å². The summed E-state index contributed by atoms with van der Waals surface area (Å²) in [5.74, 6) is -1.95. The smallest absolute Gasteiger partial charge is 0.311 e. The van der Waals surface area contributed by atoms with Crippen LogP contribution in [0.4, 0.5) is 4.39 Å². The molecule has 5 nitrogen and oxygen atoms in total. The van der Waals surface area contributed by atoms with Crippen molar-refractivity contribution in [2.75, 3.05) is 7.11 Å². The third-order valence-electron chi connectivity index (χ3n) is 4.25. The fraction of sp³-hybridized carbons (Fsp3) is 0.190. The zero-order valence-electron chi connectivity index (χ0n) is 15.1. The first-order valence-corrected chi connectivity index (χ1v) is 9.43. The number of Topliss-reactive ketones (excluding diaryl/α,β-unsaturated/α-hetero) is 1. The van der Waals surface area contributed by atoms with Gasteiger partial charge < -0.3 is 9.84 Å². The first-order valence-electron chi connectivity index (χ1n) is 8.55. The second-order valence-electron chi connectivity index (χ2n) is 6.24. The third-order valence-corrected chi connectivity index (χ3v) is 5.19. The zero-order valence-corrected chi connectivity index (χ0v) is 15.9. The number of rotatable bonds is 8. The number of ketones is 1. The summed E-state index contributed by atoms with van der Waals surface area (Å²) >= 11 is 1.32. The summed E-state index contributed by atoms with van der Waals surface area (Å²) in [4.78, 5) is 28.4. The van der Waals surface area contributed by atoms with Gasteiger partial charge in [0, 0.05) is 23.8 Å². The Morgan fingerprint density at radius 1 is 1.21 bits per heavy atom. The molecular weight excluding hydrogens is 381 g/mol. The van der Waals surface area contributed by atoms with Crippen molar-refractivity contribution in [1.29, 1.82) is 0 Å². The highest BCUT2D eigenvalue weighted by molar-refractivity contribution is 7.13. The lowest BCUT2D eigenvalue weighted by Crippen LogP contribution is -2.17. The molecule has 0 aliphatic rings. The summed E-state index contributed by atoms with van der Waals surface area (Å²) in [5.41, 5.74) is 1.74. The van der Waals surface area contributed by atoms with Crippen LogP contribution in [0.15, 0.2) is 53.9 Å². The van der Waals surface area contributed by atoms with Crippen molar-refractivity contribution in [3.8, 4) is 16.3 Å². The molecule has 28 heavy (non-hydrogen) atoms. The number of carbonyl (C=O) groups excluding carboxylic acids is 1. The Labute approximate surface area is 165 Å². The van der Waals surface area contributed by atoms with Crippen molar-refractivity contribution in [2.45, 2.75) is 18.8 Å². The second-order valence-corrected chi connectivity index (χ2v) is 7.10. The van der Waals surface area contributed by atoms with E-state index in [1.54, 1.807) is 41.8 Å². The molecule has 0 spiro atoms. The van der Waals surface area contributed by atoms with Gasteiger partial charge in [-0.1, -0.05) is 24.3 Å². The van der Waals surface area contributed by atoms with Gasteiger partial charge in [-0.3, -0.25) is 9.59 Å². The summed E-state index contributed by atoms with van der Waals surface area (Å²) in [6, 6.07) is 12.7. The molecule has 0 amide bonds. The Hall–Kier alpha value is -3.06. The lowest BCUT2D eigenvalue weighted by Gasteiger charge is -2.12. The SMILES string of the molecule is COc1ccc(C(CC(=O)Cc2csc(-c3cccc(F)c3)n2)C(=O)O)cc1. The number of hydrogen-bond donors (Lipinski definition) is 1. The number of aromatic nitrogens is 1.